The normalized spacial score (nSPS) is 27.5. The van der Waals surface area contributed by atoms with Crippen LogP contribution in [-0.2, 0) is 4.74 Å². The highest BCUT2D eigenvalue weighted by Gasteiger charge is 2.23. The van der Waals surface area contributed by atoms with E-state index in [1.54, 1.807) is 24.3 Å². The molecule has 1 N–H and O–H groups in total. The van der Waals surface area contributed by atoms with Gasteiger partial charge in [-0.15, -0.1) is 0 Å². The second-order valence-corrected chi connectivity index (χ2v) is 3.57. The number of phenols is 1. The van der Waals surface area contributed by atoms with Crippen LogP contribution in [-0.4, -0.2) is 17.9 Å². The minimum absolute atomic E-state index is 0.153. The molecule has 0 amide bonds. The number of ether oxygens (including phenoxy) is 1. The molecule has 14 heavy (non-hydrogen) atoms. The van der Waals surface area contributed by atoms with Crippen LogP contribution in [0.25, 0.3) is 0 Å². The average molecular weight is 196 g/mol. The first kappa shape index (κ1) is 9.46. The van der Waals surface area contributed by atoms with Gasteiger partial charge in [-0.25, -0.2) is 4.39 Å². The summed E-state index contributed by atoms with van der Waals surface area (Å²) in [4.78, 5) is 0. The van der Waals surface area contributed by atoms with Crippen LogP contribution in [0.3, 0.4) is 0 Å². The quantitative estimate of drug-likeness (QED) is 0.748. The Morgan fingerprint density at radius 3 is 2.64 bits per heavy atom. The van der Waals surface area contributed by atoms with Crippen LogP contribution < -0.4 is 0 Å². The third kappa shape index (κ3) is 2.04. The van der Waals surface area contributed by atoms with E-state index in [1.807, 2.05) is 0 Å². The van der Waals surface area contributed by atoms with E-state index in [-0.39, 0.29) is 11.9 Å². The van der Waals surface area contributed by atoms with Gasteiger partial charge in [-0.2, -0.15) is 0 Å². The van der Waals surface area contributed by atoms with E-state index in [1.165, 1.54) is 0 Å². The van der Waals surface area contributed by atoms with Gasteiger partial charge in [0.25, 0.3) is 0 Å². The smallest absolute Gasteiger partial charge is 0.115 e. The number of hydrogen-bond acceptors (Lipinski definition) is 2. The summed E-state index contributed by atoms with van der Waals surface area (Å²) in [5.41, 5.74) is 0.935. The zero-order chi connectivity index (χ0) is 9.97. The number of phenolic OH excluding ortho intramolecular Hbond substituents is 1. The van der Waals surface area contributed by atoms with Crippen LogP contribution in [0.15, 0.2) is 24.3 Å². The van der Waals surface area contributed by atoms with Crippen LogP contribution in [0, 0.1) is 0 Å². The minimum atomic E-state index is -0.762. The molecule has 2 nitrogen and oxygen atoms in total. The first-order chi connectivity index (χ1) is 6.75. The molecule has 76 valence electrons. The fraction of sp³-hybridized carbons (Fsp3) is 0.455. The molecule has 0 unspecified atom stereocenters. The van der Waals surface area contributed by atoms with Gasteiger partial charge in [-0.1, -0.05) is 12.1 Å². The minimum Gasteiger partial charge on any atom is -0.508 e. The van der Waals surface area contributed by atoms with Crippen molar-refractivity contribution in [1.29, 1.82) is 0 Å². The molecule has 0 bridgehead atoms. The fourth-order valence-corrected chi connectivity index (χ4v) is 1.68. The molecular formula is C11H13FO2. The van der Waals surface area contributed by atoms with E-state index in [9.17, 15) is 4.39 Å². The highest BCUT2D eigenvalue weighted by molar-refractivity contribution is 5.27. The Kier molecular flexibility index (Phi) is 2.68. The van der Waals surface area contributed by atoms with E-state index in [0.717, 1.165) is 5.56 Å². The first-order valence-corrected chi connectivity index (χ1v) is 4.80. The van der Waals surface area contributed by atoms with Crippen LogP contribution in [0.4, 0.5) is 4.39 Å². The van der Waals surface area contributed by atoms with Crippen molar-refractivity contribution in [2.24, 2.45) is 0 Å². The molecule has 0 aliphatic carbocycles. The van der Waals surface area contributed by atoms with Crippen molar-refractivity contribution >= 4 is 0 Å². The van der Waals surface area contributed by atoms with Crippen molar-refractivity contribution in [3.8, 4) is 5.75 Å². The summed E-state index contributed by atoms with van der Waals surface area (Å²) in [5.74, 6) is 0.223. The highest BCUT2D eigenvalue weighted by Crippen LogP contribution is 2.30. The lowest BCUT2D eigenvalue weighted by Crippen LogP contribution is -2.20. The van der Waals surface area contributed by atoms with Crippen LogP contribution >= 0.6 is 0 Å². The van der Waals surface area contributed by atoms with E-state index in [2.05, 4.69) is 0 Å². The fourth-order valence-electron chi connectivity index (χ4n) is 1.68. The van der Waals surface area contributed by atoms with Gasteiger partial charge >= 0.3 is 0 Å². The Morgan fingerprint density at radius 2 is 2.00 bits per heavy atom. The van der Waals surface area contributed by atoms with E-state index < -0.39 is 6.17 Å². The number of aromatic hydroxyl groups is 1. The van der Waals surface area contributed by atoms with Crippen molar-refractivity contribution in [1.82, 2.24) is 0 Å². The molecule has 0 aromatic heterocycles. The lowest BCUT2D eigenvalue weighted by atomic mass is 10.0. The summed E-state index contributed by atoms with van der Waals surface area (Å²) in [6.45, 7) is 0.479. The molecule has 1 aliphatic rings. The molecule has 1 fully saturated rings. The Morgan fingerprint density at radius 1 is 1.29 bits per heavy atom. The second kappa shape index (κ2) is 3.96. The largest absolute Gasteiger partial charge is 0.508 e. The van der Waals surface area contributed by atoms with Gasteiger partial charge in [0.15, 0.2) is 0 Å². The molecular weight excluding hydrogens is 183 g/mol. The molecule has 2 rings (SSSR count). The highest BCUT2D eigenvalue weighted by atomic mass is 19.1. The van der Waals surface area contributed by atoms with Gasteiger partial charge in [-0.3, -0.25) is 0 Å². The van der Waals surface area contributed by atoms with Gasteiger partial charge in [0.05, 0.1) is 12.7 Å². The van der Waals surface area contributed by atoms with Crippen molar-refractivity contribution in [2.75, 3.05) is 6.61 Å². The predicted molar refractivity (Wildman–Crippen MR) is 50.9 cm³/mol. The topological polar surface area (TPSA) is 29.5 Å². The van der Waals surface area contributed by atoms with Crippen molar-refractivity contribution in [3.05, 3.63) is 29.8 Å². The molecule has 3 heteroatoms. The molecule has 0 spiro atoms. The standard InChI is InChI=1S/C11H13FO2/c12-9-5-6-14-11(7-9)8-1-3-10(13)4-2-8/h1-4,9,11,13H,5-7H2/t9-,11-/m0/s1. The summed E-state index contributed by atoms with van der Waals surface area (Å²) >= 11 is 0. The van der Waals surface area contributed by atoms with Gasteiger partial charge in [0.2, 0.25) is 0 Å². The summed E-state index contributed by atoms with van der Waals surface area (Å²) in [7, 11) is 0. The zero-order valence-electron chi connectivity index (χ0n) is 7.82. The third-order valence-electron chi connectivity index (χ3n) is 2.48. The third-order valence-corrected chi connectivity index (χ3v) is 2.48. The lowest BCUT2D eigenvalue weighted by molar-refractivity contribution is -0.0193. The van der Waals surface area contributed by atoms with Crippen LogP contribution in [0.1, 0.15) is 24.5 Å². The van der Waals surface area contributed by atoms with Gasteiger partial charge in [0, 0.05) is 12.8 Å². The van der Waals surface area contributed by atoms with Crippen LogP contribution in [0.2, 0.25) is 0 Å². The Bertz CT molecular complexity index is 297. The summed E-state index contributed by atoms with van der Waals surface area (Å²) in [5, 5.41) is 9.09. The van der Waals surface area contributed by atoms with E-state index in [4.69, 9.17) is 9.84 Å². The maximum absolute atomic E-state index is 13.1. The molecule has 0 radical (unpaired) electrons. The summed E-state index contributed by atoms with van der Waals surface area (Å²) < 4.78 is 18.5. The molecule has 1 aliphatic heterocycles. The Labute approximate surface area is 82.3 Å². The maximum atomic E-state index is 13.1. The Hall–Kier alpha value is -1.09. The number of rotatable bonds is 1. The summed E-state index contributed by atoms with van der Waals surface area (Å²) in [6.07, 6.45) is 0.00113. The molecule has 2 atom stereocenters. The lowest BCUT2D eigenvalue weighted by Gasteiger charge is -2.25. The molecule has 1 heterocycles. The zero-order valence-corrected chi connectivity index (χ0v) is 7.82. The van der Waals surface area contributed by atoms with E-state index in [0.29, 0.717) is 19.4 Å². The number of hydrogen-bond donors (Lipinski definition) is 1. The van der Waals surface area contributed by atoms with Crippen molar-refractivity contribution in [2.45, 2.75) is 25.1 Å². The average Bonchev–Trinajstić information content (AvgIpc) is 2.19. The van der Waals surface area contributed by atoms with Gasteiger partial charge < -0.3 is 9.84 Å². The molecule has 0 saturated carbocycles. The van der Waals surface area contributed by atoms with E-state index >= 15 is 0 Å². The summed E-state index contributed by atoms with van der Waals surface area (Å²) in [6, 6.07) is 6.75. The SMILES string of the molecule is Oc1ccc([C@@H]2C[C@@H](F)CCO2)cc1. The predicted octanol–water partition coefficient (Wildman–Crippen LogP) is 2.58. The molecule has 1 aromatic rings. The van der Waals surface area contributed by atoms with Gasteiger partial charge in [-0.05, 0) is 17.7 Å². The number of halogens is 1. The van der Waals surface area contributed by atoms with Crippen molar-refractivity contribution < 1.29 is 14.2 Å². The van der Waals surface area contributed by atoms with Crippen LogP contribution in [0.5, 0.6) is 5.75 Å². The monoisotopic (exact) mass is 196 g/mol. The number of alkyl halides is 1. The molecule has 1 saturated heterocycles. The maximum Gasteiger partial charge on any atom is 0.115 e. The number of benzene rings is 1. The Balaban J connectivity index is 2.10. The van der Waals surface area contributed by atoms with Gasteiger partial charge in [0.1, 0.15) is 11.9 Å². The molecule has 1 aromatic carbocycles. The second-order valence-electron chi connectivity index (χ2n) is 3.57. The first-order valence-electron chi connectivity index (χ1n) is 4.80. The van der Waals surface area contributed by atoms with Crippen molar-refractivity contribution in [3.63, 3.8) is 0 Å².